The van der Waals surface area contributed by atoms with E-state index < -0.39 is 0 Å². The van der Waals surface area contributed by atoms with E-state index in [-0.39, 0.29) is 0 Å². The Bertz CT molecular complexity index is 530. The maximum Gasteiger partial charge on any atom is 0.218 e. The van der Waals surface area contributed by atoms with Crippen molar-refractivity contribution in [2.24, 2.45) is 4.99 Å². The van der Waals surface area contributed by atoms with Gasteiger partial charge in [0, 0.05) is 36.6 Å². The van der Waals surface area contributed by atoms with Crippen molar-refractivity contribution < 1.29 is 4.74 Å². The first-order chi connectivity index (χ1) is 11.7. The molecule has 1 unspecified atom stereocenters. The van der Waals surface area contributed by atoms with Gasteiger partial charge in [-0.15, -0.1) is 0 Å². The molecule has 1 aliphatic heterocycles. The van der Waals surface area contributed by atoms with Crippen LogP contribution in [0.4, 0.5) is 0 Å². The standard InChI is InChI=1S/C18H30N4OS/c1-4-5-11-23-16-15(8-6-10-20-16)13-21-17(19-3)22-14-18(2)9-7-12-24-18/h6,8,10H,4-5,7,9,11-14H2,1-3H3,(H2,19,21,22). The minimum atomic E-state index is 0.320. The lowest BCUT2D eigenvalue weighted by Gasteiger charge is -2.24. The Labute approximate surface area is 150 Å². The van der Waals surface area contributed by atoms with Gasteiger partial charge in [-0.25, -0.2) is 4.98 Å². The number of unbranched alkanes of at least 4 members (excludes halogenated alkanes) is 1. The summed E-state index contributed by atoms with van der Waals surface area (Å²) in [6, 6.07) is 3.98. The van der Waals surface area contributed by atoms with Crippen LogP contribution in [0, 0.1) is 0 Å². The normalized spacial score (nSPS) is 20.9. The van der Waals surface area contributed by atoms with Gasteiger partial charge < -0.3 is 15.4 Å². The molecule has 0 aliphatic carbocycles. The maximum absolute atomic E-state index is 5.79. The van der Waals surface area contributed by atoms with Gasteiger partial charge in [0.1, 0.15) is 0 Å². The van der Waals surface area contributed by atoms with E-state index in [9.17, 15) is 0 Å². The second-order valence-corrected chi connectivity index (χ2v) is 8.03. The first-order valence-electron chi connectivity index (χ1n) is 8.82. The van der Waals surface area contributed by atoms with Crippen molar-refractivity contribution in [1.29, 1.82) is 0 Å². The molecular formula is C18H30N4OS. The third-order valence-electron chi connectivity index (χ3n) is 4.19. The van der Waals surface area contributed by atoms with Crippen molar-refractivity contribution >= 4 is 17.7 Å². The van der Waals surface area contributed by atoms with Crippen molar-refractivity contribution in [3.8, 4) is 5.88 Å². The van der Waals surface area contributed by atoms with Crippen LogP contribution >= 0.6 is 11.8 Å². The van der Waals surface area contributed by atoms with Crippen molar-refractivity contribution in [3.63, 3.8) is 0 Å². The molecular weight excluding hydrogens is 320 g/mol. The molecule has 0 radical (unpaired) electrons. The zero-order chi connectivity index (χ0) is 17.3. The molecule has 2 N–H and O–H groups in total. The van der Waals surface area contributed by atoms with Crippen molar-refractivity contribution in [1.82, 2.24) is 15.6 Å². The molecule has 0 bridgehead atoms. The largest absolute Gasteiger partial charge is 0.477 e. The van der Waals surface area contributed by atoms with Crippen LogP contribution in [0.2, 0.25) is 0 Å². The molecule has 0 saturated carbocycles. The molecule has 2 rings (SSSR count). The smallest absolute Gasteiger partial charge is 0.218 e. The highest BCUT2D eigenvalue weighted by atomic mass is 32.2. The Morgan fingerprint density at radius 3 is 3.04 bits per heavy atom. The summed E-state index contributed by atoms with van der Waals surface area (Å²) in [4.78, 5) is 8.67. The number of thioether (sulfide) groups is 1. The van der Waals surface area contributed by atoms with Gasteiger partial charge in [0.2, 0.25) is 5.88 Å². The van der Waals surface area contributed by atoms with Crippen molar-refractivity contribution in [3.05, 3.63) is 23.9 Å². The summed E-state index contributed by atoms with van der Waals surface area (Å²) >= 11 is 2.05. The SMILES string of the molecule is CCCCOc1ncccc1CNC(=NC)NCC1(C)CCCS1. The summed E-state index contributed by atoms with van der Waals surface area (Å²) in [5.74, 6) is 2.80. The van der Waals surface area contributed by atoms with E-state index in [2.05, 4.69) is 34.5 Å². The first kappa shape index (κ1) is 18.9. The molecule has 24 heavy (non-hydrogen) atoms. The van der Waals surface area contributed by atoms with Crippen LogP contribution in [-0.4, -0.2) is 41.6 Å². The van der Waals surface area contributed by atoms with E-state index in [1.807, 2.05) is 23.9 Å². The summed E-state index contributed by atoms with van der Waals surface area (Å²) in [5.41, 5.74) is 1.05. The highest BCUT2D eigenvalue weighted by Gasteiger charge is 2.29. The summed E-state index contributed by atoms with van der Waals surface area (Å²) in [7, 11) is 1.81. The van der Waals surface area contributed by atoms with Crippen LogP contribution in [0.1, 0.15) is 45.1 Å². The lowest BCUT2D eigenvalue weighted by atomic mass is 10.1. The zero-order valence-corrected chi connectivity index (χ0v) is 15.9. The number of ether oxygens (including phenoxy) is 1. The highest BCUT2D eigenvalue weighted by molar-refractivity contribution is 8.00. The molecule has 0 aromatic carbocycles. The molecule has 1 fully saturated rings. The number of rotatable bonds is 8. The van der Waals surface area contributed by atoms with Crippen LogP contribution < -0.4 is 15.4 Å². The lowest BCUT2D eigenvalue weighted by Crippen LogP contribution is -2.43. The van der Waals surface area contributed by atoms with E-state index >= 15 is 0 Å². The minimum Gasteiger partial charge on any atom is -0.477 e. The van der Waals surface area contributed by atoms with Crippen LogP contribution in [-0.2, 0) is 6.54 Å². The number of nitrogens with zero attached hydrogens (tertiary/aromatic N) is 2. The molecule has 2 heterocycles. The molecule has 1 atom stereocenters. The second kappa shape index (κ2) is 9.77. The number of aromatic nitrogens is 1. The Hall–Kier alpha value is -1.43. The fraction of sp³-hybridized carbons (Fsp3) is 0.667. The summed E-state index contributed by atoms with van der Waals surface area (Å²) < 4.78 is 6.11. The molecule has 5 nitrogen and oxygen atoms in total. The van der Waals surface area contributed by atoms with Crippen molar-refractivity contribution in [2.75, 3.05) is 26.0 Å². The Balaban J connectivity index is 1.84. The predicted octanol–water partition coefficient (Wildman–Crippen LogP) is 3.21. The van der Waals surface area contributed by atoms with Gasteiger partial charge in [-0.1, -0.05) is 19.4 Å². The summed E-state index contributed by atoms with van der Waals surface area (Å²) in [6.45, 7) is 6.78. The lowest BCUT2D eigenvalue weighted by molar-refractivity contribution is 0.294. The van der Waals surface area contributed by atoms with Gasteiger partial charge in [-0.2, -0.15) is 11.8 Å². The van der Waals surface area contributed by atoms with Gasteiger partial charge in [0.15, 0.2) is 5.96 Å². The molecule has 0 spiro atoms. The van der Waals surface area contributed by atoms with Crippen LogP contribution in [0.25, 0.3) is 0 Å². The zero-order valence-electron chi connectivity index (χ0n) is 15.1. The number of guanidine groups is 1. The summed E-state index contributed by atoms with van der Waals surface area (Å²) in [5, 5.41) is 6.82. The molecule has 6 heteroatoms. The highest BCUT2D eigenvalue weighted by Crippen LogP contribution is 2.36. The monoisotopic (exact) mass is 350 g/mol. The van der Waals surface area contributed by atoms with Crippen molar-refractivity contribution in [2.45, 2.75) is 50.8 Å². The van der Waals surface area contributed by atoms with Gasteiger partial charge in [0.25, 0.3) is 0 Å². The third kappa shape index (κ3) is 5.89. The Kier molecular flexibility index (Phi) is 7.69. The van der Waals surface area contributed by atoms with Crippen LogP contribution in [0.5, 0.6) is 5.88 Å². The Morgan fingerprint density at radius 1 is 1.46 bits per heavy atom. The molecule has 1 aromatic rings. The fourth-order valence-electron chi connectivity index (χ4n) is 2.65. The first-order valence-corrected chi connectivity index (χ1v) is 9.80. The van der Waals surface area contributed by atoms with E-state index in [1.54, 1.807) is 13.2 Å². The number of nitrogens with one attached hydrogen (secondary N) is 2. The van der Waals surface area contributed by atoms with E-state index in [4.69, 9.17) is 4.74 Å². The fourth-order valence-corrected chi connectivity index (χ4v) is 3.89. The number of hydrogen-bond donors (Lipinski definition) is 2. The third-order valence-corrected chi connectivity index (χ3v) is 5.72. The molecule has 134 valence electrons. The topological polar surface area (TPSA) is 58.5 Å². The number of aliphatic imine (C=N–C) groups is 1. The van der Waals surface area contributed by atoms with E-state index in [0.29, 0.717) is 23.8 Å². The van der Waals surface area contributed by atoms with Crippen LogP contribution in [0.3, 0.4) is 0 Å². The predicted molar refractivity (Wildman–Crippen MR) is 103 cm³/mol. The van der Waals surface area contributed by atoms with Gasteiger partial charge in [0.05, 0.1) is 6.61 Å². The molecule has 1 saturated heterocycles. The Morgan fingerprint density at radius 2 is 2.33 bits per heavy atom. The minimum absolute atomic E-state index is 0.320. The second-order valence-electron chi connectivity index (χ2n) is 6.35. The number of hydrogen-bond acceptors (Lipinski definition) is 4. The van der Waals surface area contributed by atoms with Gasteiger partial charge >= 0.3 is 0 Å². The van der Waals surface area contributed by atoms with E-state index in [0.717, 1.165) is 30.9 Å². The average molecular weight is 351 g/mol. The molecule has 1 aromatic heterocycles. The molecule has 1 aliphatic rings. The average Bonchev–Trinajstić information content (AvgIpc) is 3.03. The van der Waals surface area contributed by atoms with Gasteiger partial charge in [-0.05, 0) is 38.0 Å². The van der Waals surface area contributed by atoms with Gasteiger partial charge in [-0.3, -0.25) is 4.99 Å². The van der Waals surface area contributed by atoms with E-state index in [1.165, 1.54) is 18.6 Å². The maximum atomic E-state index is 5.79. The van der Waals surface area contributed by atoms with Crippen LogP contribution in [0.15, 0.2) is 23.3 Å². The summed E-state index contributed by atoms with van der Waals surface area (Å²) in [6.07, 6.45) is 6.51. The molecule has 0 amide bonds. The quantitative estimate of drug-likeness (QED) is 0.428. The number of pyridine rings is 1.